The molecule has 0 aliphatic rings. The van der Waals surface area contributed by atoms with E-state index >= 15 is 0 Å². The molecule has 0 aliphatic carbocycles. The monoisotopic (exact) mass is 316 g/mol. The third-order valence-corrected chi connectivity index (χ3v) is 3.78. The predicted molar refractivity (Wildman–Crippen MR) is 87.3 cm³/mol. The summed E-state index contributed by atoms with van der Waals surface area (Å²) in [6.45, 7) is 1.43. The van der Waals surface area contributed by atoms with Gasteiger partial charge in [0.1, 0.15) is 0 Å². The van der Waals surface area contributed by atoms with Crippen LogP contribution in [0.5, 0.6) is 0 Å². The zero-order chi connectivity index (χ0) is 15.9. The maximum absolute atomic E-state index is 11.8. The Morgan fingerprint density at radius 2 is 1.59 bits per heavy atom. The molecule has 1 heterocycles. The molecule has 1 aromatic heterocycles. The molecule has 1 aromatic carbocycles. The smallest absolute Gasteiger partial charge is 0.224 e. The van der Waals surface area contributed by atoms with E-state index in [2.05, 4.69) is 10.6 Å². The van der Waals surface area contributed by atoms with E-state index in [4.69, 9.17) is 0 Å². The van der Waals surface area contributed by atoms with Gasteiger partial charge in [0, 0.05) is 31.1 Å². The van der Waals surface area contributed by atoms with E-state index in [1.807, 2.05) is 11.4 Å². The lowest BCUT2D eigenvalue weighted by Gasteiger charge is -2.06. The molecule has 0 aliphatic heterocycles. The zero-order valence-electron chi connectivity index (χ0n) is 12.1. The van der Waals surface area contributed by atoms with Crippen molar-refractivity contribution in [3.63, 3.8) is 0 Å². The van der Waals surface area contributed by atoms with E-state index in [9.17, 15) is 14.4 Å². The van der Waals surface area contributed by atoms with Crippen LogP contribution in [0.1, 0.15) is 29.4 Å². The summed E-state index contributed by atoms with van der Waals surface area (Å²) in [4.78, 5) is 35.2. The first kappa shape index (κ1) is 15.9. The van der Waals surface area contributed by atoms with Gasteiger partial charge in [0.15, 0.2) is 5.78 Å². The molecule has 6 heteroatoms. The van der Waals surface area contributed by atoms with Crippen LogP contribution in [0.25, 0.3) is 0 Å². The molecule has 0 fully saturated rings. The molecular formula is C16H16N2O3S. The first-order valence-corrected chi connectivity index (χ1v) is 7.67. The molecule has 0 bridgehead atoms. The number of anilines is 2. The summed E-state index contributed by atoms with van der Waals surface area (Å²) in [7, 11) is 0. The molecule has 2 N–H and O–H groups in total. The molecule has 0 atom stereocenters. The first-order valence-electron chi connectivity index (χ1n) is 6.79. The molecule has 5 nitrogen and oxygen atoms in total. The lowest BCUT2D eigenvalue weighted by molar-refractivity contribution is -0.116. The van der Waals surface area contributed by atoms with Crippen LogP contribution in [0.4, 0.5) is 11.4 Å². The maximum atomic E-state index is 11.8. The van der Waals surface area contributed by atoms with E-state index in [1.165, 1.54) is 18.3 Å². The Morgan fingerprint density at radius 3 is 2.14 bits per heavy atom. The lowest BCUT2D eigenvalue weighted by Crippen LogP contribution is -2.13. The Hall–Kier alpha value is -2.47. The van der Waals surface area contributed by atoms with Gasteiger partial charge in [-0.3, -0.25) is 14.4 Å². The van der Waals surface area contributed by atoms with Gasteiger partial charge in [0.25, 0.3) is 0 Å². The van der Waals surface area contributed by atoms with Gasteiger partial charge in [-0.15, -0.1) is 11.3 Å². The summed E-state index contributed by atoms with van der Waals surface area (Å²) >= 11 is 1.38. The molecule has 2 aromatic rings. The Bertz CT molecular complexity index is 663. The predicted octanol–water partition coefficient (Wildman–Crippen LogP) is 3.31. The topological polar surface area (TPSA) is 75.3 Å². The average molecular weight is 316 g/mol. The number of carbonyl (C=O) groups excluding carboxylic acids is 3. The Labute approximate surface area is 132 Å². The van der Waals surface area contributed by atoms with Gasteiger partial charge in [0.05, 0.1) is 4.88 Å². The maximum Gasteiger partial charge on any atom is 0.224 e. The Kier molecular flexibility index (Phi) is 5.43. The summed E-state index contributed by atoms with van der Waals surface area (Å²) in [6.07, 6.45) is 0.334. The number of amides is 2. The molecule has 114 valence electrons. The van der Waals surface area contributed by atoms with Crippen molar-refractivity contribution in [3.8, 4) is 0 Å². The normalized spacial score (nSPS) is 10.0. The summed E-state index contributed by atoms with van der Waals surface area (Å²) in [5.41, 5.74) is 1.29. The number of hydrogen-bond donors (Lipinski definition) is 2. The Morgan fingerprint density at radius 1 is 0.955 bits per heavy atom. The molecule has 22 heavy (non-hydrogen) atoms. The van der Waals surface area contributed by atoms with Crippen molar-refractivity contribution in [1.29, 1.82) is 0 Å². The van der Waals surface area contributed by atoms with Gasteiger partial charge in [-0.1, -0.05) is 6.07 Å². The van der Waals surface area contributed by atoms with Gasteiger partial charge < -0.3 is 10.6 Å². The van der Waals surface area contributed by atoms with Crippen molar-refractivity contribution in [3.05, 3.63) is 46.7 Å². The van der Waals surface area contributed by atoms with Crippen LogP contribution in [0.2, 0.25) is 0 Å². The number of nitrogens with one attached hydrogen (secondary N) is 2. The fourth-order valence-corrected chi connectivity index (χ4v) is 2.55. The molecule has 0 radical (unpaired) electrons. The Balaban J connectivity index is 1.81. The van der Waals surface area contributed by atoms with Crippen molar-refractivity contribution in [2.24, 2.45) is 0 Å². The number of benzene rings is 1. The van der Waals surface area contributed by atoms with Crippen LogP contribution in [-0.2, 0) is 9.59 Å². The van der Waals surface area contributed by atoms with Gasteiger partial charge in [0.2, 0.25) is 11.8 Å². The minimum Gasteiger partial charge on any atom is -0.326 e. The van der Waals surface area contributed by atoms with Crippen LogP contribution in [0.15, 0.2) is 41.8 Å². The van der Waals surface area contributed by atoms with Crippen molar-refractivity contribution >= 4 is 40.3 Å². The van der Waals surface area contributed by atoms with Gasteiger partial charge in [-0.25, -0.2) is 0 Å². The van der Waals surface area contributed by atoms with Gasteiger partial charge in [-0.05, 0) is 35.7 Å². The van der Waals surface area contributed by atoms with Gasteiger partial charge in [-0.2, -0.15) is 0 Å². The fourth-order valence-electron chi connectivity index (χ4n) is 1.85. The van der Waals surface area contributed by atoms with E-state index < -0.39 is 0 Å². The lowest BCUT2D eigenvalue weighted by atomic mass is 10.2. The third kappa shape index (κ3) is 4.82. The molecule has 0 spiro atoms. The number of hydrogen-bond acceptors (Lipinski definition) is 4. The van der Waals surface area contributed by atoms with Crippen molar-refractivity contribution in [1.82, 2.24) is 0 Å². The SMILES string of the molecule is CC(=O)Nc1ccc(NC(=O)CCC(=O)c2cccs2)cc1. The van der Waals surface area contributed by atoms with Crippen LogP contribution in [-0.4, -0.2) is 17.6 Å². The van der Waals surface area contributed by atoms with Crippen LogP contribution in [0.3, 0.4) is 0 Å². The minimum atomic E-state index is -0.211. The zero-order valence-corrected chi connectivity index (χ0v) is 12.9. The summed E-state index contributed by atoms with van der Waals surface area (Å²) in [6, 6.07) is 10.4. The molecule has 0 saturated carbocycles. The molecule has 0 unspecified atom stereocenters. The molecule has 2 amide bonds. The standard InChI is InChI=1S/C16H16N2O3S/c1-11(19)17-12-4-6-13(7-5-12)18-16(21)9-8-14(20)15-3-2-10-22-15/h2-7,10H,8-9H2,1H3,(H,17,19)(H,18,21). The van der Waals surface area contributed by atoms with Crippen LogP contribution < -0.4 is 10.6 Å². The number of carbonyl (C=O) groups is 3. The second-order valence-electron chi connectivity index (χ2n) is 4.71. The van der Waals surface area contributed by atoms with Crippen molar-refractivity contribution in [2.45, 2.75) is 19.8 Å². The molecule has 2 rings (SSSR count). The number of rotatable bonds is 6. The van der Waals surface area contributed by atoms with Gasteiger partial charge >= 0.3 is 0 Å². The second kappa shape index (κ2) is 7.51. The quantitative estimate of drug-likeness (QED) is 0.803. The fraction of sp³-hybridized carbons (Fsp3) is 0.188. The highest BCUT2D eigenvalue weighted by Gasteiger charge is 2.10. The average Bonchev–Trinajstić information content (AvgIpc) is 3.00. The van der Waals surface area contributed by atoms with Crippen molar-refractivity contribution < 1.29 is 14.4 Å². The van der Waals surface area contributed by atoms with E-state index in [-0.39, 0.29) is 30.4 Å². The summed E-state index contributed by atoms with van der Waals surface area (Å²) in [5.74, 6) is -0.382. The first-order chi connectivity index (χ1) is 10.5. The minimum absolute atomic E-state index is 0.0221. The number of ketones is 1. The highest BCUT2D eigenvalue weighted by molar-refractivity contribution is 7.12. The van der Waals surface area contributed by atoms with Crippen LogP contribution in [0, 0.1) is 0 Å². The molecule has 0 saturated heterocycles. The van der Waals surface area contributed by atoms with E-state index in [0.717, 1.165) is 0 Å². The highest BCUT2D eigenvalue weighted by atomic mass is 32.1. The third-order valence-electron chi connectivity index (χ3n) is 2.86. The molecular weight excluding hydrogens is 300 g/mol. The van der Waals surface area contributed by atoms with E-state index in [1.54, 1.807) is 30.3 Å². The largest absolute Gasteiger partial charge is 0.326 e. The van der Waals surface area contributed by atoms with Crippen molar-refractivity contribution in [2.75, 3.05) is 10.6 Å². The van der Waals surface area contributed by atoms with E-state index in [0.29, 0.717) is 16.3 Å². The van der Waals surface area contributed by atoms with Crippen LogP contribution >= 0.6 is 11.3 Å². The second-order valence-corrected chi connectivity index (χ2v) is 5.65. The summed E-state index contributed by atoms with van der Waals surface area (Å²) in [5, 5.41) is 7.21. The number of thiophene rings is 1. The number of Topliss-reactive ketones (excluding diaryl/α,β-unsaturated/α-hetero) is 1. The highest BCUT2D eigenvalue weighted by Crippen LogP contribution is 2.15. The summed E-state index contributed by atoms with van der Waals surface area (Å²) < 4.78 is 0.